The summed E-state index contributed by atoms with van der Waals surface area (Å²) in [6.07, 6.45) is -3.77. The summed E-state index contributed by atoms with van der Waals surface area (Å²) in [5.41, 5.74) is -0.0485. The van der Waals surface area contributed by atoms with Crippen molar-refractivity contribution in [2.45, 2.75) is 6.18 Å². The highest BCUT2D eigenvalue weighted by molar-refractivity contribution is 5.88. The number of benzene rings is 1. The van der Waals surface area contributed by atoms with Crippen LogP contribution in [0.15, 0.2) is 36.5 Å². The van der Waals surface area contributed by atoms with Gasteiger partial charge in [-0.25, -0.2) is 9.78 Å². The molecule has 0 radical (unpaired) electrons. The summed E-state index contributed by atoms with van der Waals surface area (Å²) < 4.78 is 42.3. The molecule has 0 aliphatic rings. The Kier molecular flexibility index (Phi) is 3.55. The highest BCUT2D eigenvalue weighted by Crippen LogP contribution is 2.28. The first-order valence-electron chi connectivity index (χ1n) is 5.28. The van der Waals surface area contributed by atoms with Crippen molar-refractivity contribution < 1.29 is 27.8 Å². The van der Waals surface area contributed by atoms with Crippen molar-refractivity contribution in [3.63, 3.8) is 0 Å². The summed E-state index contributed by atoms with van der Waals surface area (Å²) in [6, 6.07) is 6.46. The second kappa shape index (κ2) is 5.16. The van der Waals surface area contributed by atoms with Gasteiger partial charge in [0.25, 0.3) is 0 Å². The van der Waals surface area contributed by atoms with E-state index in [0.717, 1.165) is 12.3 Å². The predicted octanol–water partition coefficient (Wildman–Crippen LogP) is 2.99. The number of hydrogen-bond donors (Lipinski definition) is 1. The molecule has 0 fully saturated rings. The van der Waals surface area contributed by atoms with Crippen LogP contribution in [0.25, 0.3) is 0 Å². The van der Waals surface area contributed by atoms with Crippen LogP contribution in [-0.4, -0.2) is 21.0 Å². The van der Waals surface area contributed by atoms with E-state index in [1.54, 1.807) is 0 Å². The van der Waals surface area contributed by atoms with Crippen molar-refractivity contribution >= 4 is 5.97 Å². The Morgan fingerprint density at radius 3 is 2.65 bits per heavy atom. The largest absolute Gasteiger partial charge is 0.478 e. The van der Waals surface area contributed by atoms with Gasteiger partial charge in [0.1, 0.15) is 5.75 Å². The number of hydrogen-bond acceptors (Lipinski definition) is 4. The van der Waals surface area contributed by atoms with Gasteiger partial charge in [-0.15, -0.1) is 0 Å². The number of carboxylic acids is 1. The van der Waals surface area contributed by atoms with Crippen LogP contribution in [0.2, 0.25) is 0 Å². The van der Waals surface area contributed by atoms with Gasteiger partial charge in [-0.1, -0.05) is 6.07 Å². The molecule has 104 valence electrons. The molecule has 0 unspecified atom stereocenters. The van der Waals surface area contributed by atoms with Gasteiger partial charge in [-0.05, 0) is 18.2 Å². The highest BCUT2D eigenvalue weighted by Gasteiger charge is 2.34. The van der Waals surface area contributed by atoms with E-state index in [2.05, 4.69) is 9.97 Å². The molecular formula is C12H7F3N2O3. The van der Waals surface area contributed by atoms with Crippen LogP contribution in [0, 0.1) is 0 Å². The number of carboxylic acid groups (broad SMARTS) is 1. The fourth-order valence-electron chi connectivity index (χ4n) is 1.35. The molecule has 1 heterocycles. The van der Waals surface area contributed by atoms with Gasteiger partial charge in [0, 0.05) is 12.3 Å². The van der Waals surface area contributed by atoms with Gasteiger partial charge < -0.3 is 9.84 Å². The van der Waals surface area contributed by atoms with E-state index < -0.39 is 18.0 Å². The van der Waals surface area contributed by atoms with Crippen LogP contribution in [0.1, 0.15) is 16.2 Å². The molecule has 0 atom stereocenters. The van der Waals surface area contributed by atoms with Gasteiger partial charge >= 0.3 is 12.1 Å². The third-order valence-corrected chi connectivity index (χ3v) is 2.19. The van der Waals surface area contributed by atoms with Gasteiger partial charge in [-0.3, -0.25) is 0 Å². The molecule has 0 saturated carbocycles. The Morgan fingerprint density at radius 2 is 2.00 bits per heavy atom. The Hall–Kier alpha value is -2.64. The van der Waals surface area contributed by atoms with E-state index in [-0.39, 0.29) is 17.2 Å². The van der Waals surface area contributed by atoms with Crippen LogP contribution in [0.5, 0.6) is 11.6 Å². The average Bonchev–Trinajstić information content (AvgIpc) is 2.38. The van der Waals surface area contributed by atoms with E-state index >= 15 is 0 Å². The standard InChI is InChI=1S/C12H7F3N2O3/c13-12(14,15)11-16-5-4-9(17-11)20-8-3-1-2-7(6-8)10(18)19/h1-6H,(H,18,19). The van der Waals surface area contributed by atoms with Crippen molar-refractivity contribution in [2.75, 3.05) is 0 Å². The smallest absolute Gasteiger partial charge is 0.451 e. The Bertz CT molecular complexity index is 644. The minimum absolute atomic E-state index is 0.0485. The average molecular weight is 284 g/mol. The van der Waals surface area contributed by atoms with Gasteiger partial charge in [0.2, 0.25) is 11.7 Å². The zero-order chi connectivity index (χ0) is 14.8. The zero-order valence-corrected chi connectivity index (χ0v) is 9.76. The summed E-state index contributed by atoms with van der Waals surface area (Å²) in [5, 5.41) is 8.80. The summed E-state index contributed by atoms with van der Waals surface area (Å²) >= 11 is 0. The number of nitrogens with zero attached hydrogens (tertiary/aromatic N) is 2. The number of aromatic carboxylic acids is 1. The molecule has 0 saturated heterocycles. The van der Waals surface area contributed by atoms with Gasteiger partial charge in [-0.2, -0.15) is 18.2 Å². The normalized spacial score (nSPS) is 11.2. The maximum absolute atomic E-state index is 12.4. The van der Waals surface area contributed by atoms with E-state index in [4.69, 9.17) is 9.84 Å². The molecule has 0 spiro atoms. The van der Waals surface area contributed by atoms with Crippen molar-refractivity contribution in [1.82, 2.24) is 9.97 Å². The van der Waals surface area contributed by atoms with Crippen LogP contribution in [-0.2, 0) is 6.18 Å². The third kappa shape index (κ3) is 3.22. The van der Waals surface area contributed by atoms with E-state index in [1.807, 2.05) is 0 Å². The third-order valence-electron chi connectivity index (χ3n) is 2.19. The summed E-state index contributed by atoms with van der Waals surface area (Å²) in [7, 11) is 0. The Balaban J connectivity index is 2.26. The van der Waals surface area contributed by atoms with Crippen LogP contribution >= 0.6 is 0 Å². The molecule has 2 rings (SSSR count). The highest BCUT2D eigenvalue weighted by atomic mass is 19.4. The molecule has 0 amide bonds. The minimum Gasteiger partial charge on any atom is -0.478 e. The lowest BCUT2D eigenvalue weighted by atomic mass is 10.2. The number of alkyl halides is 3. The fraction of sp³-hybridized carbons (Fsp3) is 0.0833. The second-order valence-corrected chi connectivity index (χ2v) is 3.65. The molecule has 5 nitrogen and oxygen atoms in total. The Morgan fingerprint density at radius 1 is 1.25 bits per heavy atom. The second-order valence-electron chi connectivity index (χ2n) is 3.65. The van der Waals surface area contributed by atoms with Crippen LogP contribution < -0.4 is 4.74 Å². The summed E-state index contributed by atoms with van der Waals surface area (Å²) in [5.74, 6) is -2.76. The molecule has 1 aromatic heterocycles. The minimum atomic E-state index is -4.68. The van der Waals surface area contributed by atoms with Crippen molar-refractivity contribution in [1.29, 1.82) is 0 Å². The molecule has 0 aliphatic heterocycles. The van der Waals surface area contributed by atoms with E-state index in [1.165, 1.54) is 24.3 Å². The van der Waals surface area contributed by atoms with Crippen molar-refractivity contribution in [3.05, 3.63) is 47.9 Å². The molecule has 20 heavy (non-hydrogen) atoms. The first-order valence-corrected chi connectivity index (χ1v) is 5.28. The maximum Gasteiger partial charge on any atom is 0.451 e. The molecule has 2 aromatic rings. The molecule has 1 N–H and O–H groups in total. The maximum atomic E-state index is 12.4. The molecule has 0 bridgehead atoms. The van der Waals surface area contributed by atoms with Gasteiger partial charge in [0.15, 0.2) is 0 Å². The lowest BCUT2D eigenvalue weighted by molar-refractivity contribution is -0.145. The predicted molar refractivity (Wildman–Crippen MR) is 60.5 cm³/mol. The number of halogens is 3. The molecule has 0 aliphatic carbocycles. The quantitative estimate of drug-likeness (QED) is 0.938. The van der Waals surface area contributed by atoms with Gasteiger partial charge in [0.05, 0.1) is 5.56 Å². The number of carbonyl (C=O) groups is 1. The fourth-order valence-corrected chi connectivity index (χ4v) is 1.35. The van der Waals surface area contributed by atoms with E-state index in [9.17, 15) is 18.0 Å². The Labute approximate surface area is 110 Å². The lowest BCUT2D eigenvalue weighted by Crippen LogP contribution is -2.10. The molecular weight excluding hydrogens is 277 g/mol. The molecule has 8 heteroatoms. The number of aromatic nitrogens is 2. The van der Waals surface area contributed by atoms with E-state index in [0.29, 0.717) is 0 Å². The summed E-state index contributed by atoms with van der Waals surface area (Å²) in [4.78, 5) is 17.1. The van der Waals surface area contributed by atoms with Crippen LogP contribution in [0.3, 0.4) is 0 Å². The molecule has 1 aromatic carbocycles. The number of rotatable bonds is 3. The number of ether oxygens (including phenoxy) is 1. The topological polar surface area (TPSA) is 72.3 Å². The zero-order valence-electron chi connectivity index (χ0n) is 9.76. The lowest BCUT2D eigenvalue weighted by Gasteiger charge is -2.08. The SMILES string of the molecule is O=C(O)c1cccc(Oc2ccnc(C(F)(F)F)n2)c1. The first-order chi connectivity index (χ1) is 9.36. The van der Waals surface area contributed by atoms with Crippen LogP contribution in [0.4, 0.5) is 13.2 Å². The summed E-state index contributed by atoms with van der Waals surface area (Å²) in [6.45, 7) is 0. The van der Waals surface area contributed by atoms with Crippen molar-refractivity contribution in [3.8, 4) is 11.6 Å². The monoisotopic (exact) mass is 284 g/mol. The first kappa shape index (κ1) is 13.8. The van der Waals surface area contributed by atoms with Crippen molar-refractivity contribution in [2.24, 2.45) is 0 Å².